The number of nitrogens with one attached hydrogen (secondary N) is 1. The molecule has 0 fully saturated rings. The highest BCUT2D eigenvalue weighted by molar-refractivity contribution is 7.12. The summed E-state index contributed by atoms with van der Waals surface area (Å²) in [7, 11) is 5.17. The molecular weight excluding hydrogens is 306 g/mol. The predicted molar refractivity (Wildman–Crippen MR) is 89.2 cm³/mol. The van der Waals surface area contributed by atoms with Crippen molar-refractivity contribution in [1.82, 2.24) is 5.32 Å². The molecule has 21 heavy (non-hydrogen) atoms. The van der Waals surface area contributed by atoms with E-state index in [0.29, 0.717) is 16.5 Å². The second-order valence-electron chi connectivity index (χ2n) is 4.58. The van der Waals surface area contributed by atoms with Crippen LogP contribution in [0.5, 0.6) is 11.5 Å². The maximum absolute atomic E-state index is 6.36. The van der Waals surface area contributed by atoms with Crippen LogP contribution in [0.4, 0.5) is 0 Å². The molecule has 1 heterocycles. The summed E-state index contributed by atoms with van der Waals surface area (Å²) < 4.78 is 10.8. The van der Waals surface area contributed by atoms with Crippen molar-refractivity contribution in [2.45, 2.75) is 19.4 Å². The van der Waals surface area contributed by atoms with Gasteiger partial charge in [-0.2, -0.15) is 0 Å². The fourth-order valence-electron chi connectivity index (χ4n) is 2.34. The first-order valence-corrected chi connectivity index (χ1v) is 8.01. The number of hydrogen-bond acceptors (Lipinski definition) is 4. The highest BCUT2D eigenvalue weighted by Gasteiger charge is 2.22. The van der Waals surface area contributed by atoms with Crippen molar-refractivity contribution in [3.8, 4) is 11.5 Å². The van der Waals surface area contributed by atoms with Gasteiger partial charge < -0.3 is 14.8 Å². The molecular formula is C16H20ClNO2S. The highest BCUT2D eigenvalue weighted by Crippen LogP contribution is 2.42. The summed E-state index contributed by atoms with van der Waals surface area (Å²) in [5.74, 6) is 1.27. The molecule has 2 rings (SSSR count). The minimum absolute atomic E-state index is 0.0497. The van der Waals surface area contributed by atoms with Gasteiger partial charge in [-0.15, -0.1) is 11.3 Å². The molecule has 1 aromatic heterocycles. The molecule has 0 saturated carbocycles. The number of ether oxygens (including phenoxy) is 2. The lowest BCUT2D eigenvalue weighted by molar-refractivity contribution is 0.389. The average molecular weight is 326 g/mol. The molecule has 0 aliphatic heterocycles. The molecule has 1 unspecified atom stereocenters. The van der Waals surface area contributed by atoms with Crippen LogP contribution >= 0.6 is 22.9 Å². The highest BCUT2D eigenvalue weighted by atomic mass is 35.5. The van der Waals surface area contributed by atoms with E-state index in [1.54, 1.807) is 25.6 Å². The van der Waals surface area contributed by atoms with E-state index in [1.807, 2.05) is 19.2 Å². The molecule has 0 bridgehead atoms. The van der Waals surface area contributed by atoms with Crippen molar-refractivity contribution in [1.29, 1.82) is 0 Å². The van der Waals surface area contributed by atoms with Crippen LogP contribution < -0.4 is 14.8 Å². The number of halogens is 1. The Labute approximate surface area is 134 Å². The van der Waals surface area contributed by atoms with E-state index in [4.69, 9.17) is 21.1 Å². The molecule has 0 radical (unpaired) electrons. The van der Waals surface area contributed by atoms with Gasteiger partial charge in [-0.1, -0.05) is 18.5 Å². The largest absolute Gasteiger partial charge is 0.495 e. The Morgan fingerprint density at radius 2 is 1.95 bits per heavy atom. The lowest BCUT2D eigenvalue weighted by atomic mass is 10.0. The number of aryl methyl sites for hydroxylation is 1. The number of thiophene rings is 1. The summed E-state index contributed by atoms with van der Waals surface area (Å²) in [6.45, 7) is 2.16. The van der Waals surface area contributed by atoms with Crippen molar-refractivity contribution in [3.63, 3.8) is 0 Å². The summed E-state index contributed by atoms with van der Waals surface area (Å²) in [5, 5.41) is 3.85. The number of rotatable bonds is 6. The van der Waals surface area contributed by atoms with Crippen LogP contribution in [0.3, 0.4) is 0 Å². The Balaban J connectivity index is 2.49. The minimum Gasteiger partial charge on any atom is -0.495 e. The van der Waals surface area contributed by atoms with Crippen LogP contribution in [0.1, 0.15) is 28.3 Å². The van der Waals surface area contributed by atoms with E-state index in [0.717, 1.165) is 12.0 Å². The second-order valence-corrected chi connectivity index (χ2v) is 6.16. The Bertz CT molecular complexity index is 612. The zero-order valence-electron chi connectivity index (χ0n) is 12.7. The molecule has 0 saturated heterocycles. The van der Waals surface area contributed by atoms with Gasteiger partial charge in [-0.05, 0) is 37.7 Å². The molecule has 0 amide bonds. The monoisotopic (exact) mass is 325 g/mol. The Morgan fingerprint density at radius 1 is 1.19 bits per heavy atom. The molecule has 1 N–H and O–H groups in total. The number of hydrogen-bond donors (Lipinski definition) is 1. The van der Waals surface area contributed by atoms with Crippen molar-refractivity contribution >= 4 is 22.9 Å². The Morgan fingerprint density at radius 3 is 2.48 bits per heavy atom. The van der Waals surface area contributed by atoms with Gasteiger partial charge in [0.2, 0.25) is 0 Å². The van der Waals surface area contributed by atoms with Gasteiger partial charge in [-0.3, -0.25) is 0 Å². The standard InChI is InChI=1S/C16H20ClNO2S/c1-5-10-6-9-13(21-10)15(18-2)11-7-8-12(19-3)14(17)16(11)20-4/h6-9,15,18H,5H2,1-4H3. The van der Waals surface area contributed by atoms with Gasteiger partial charge in [0.15, 0.2) is 0 Å². The van der Waals surface area contributed by atoms with Crippen molar-refractivity contribution < 1.29 is 9.47 Å². The van der Waals surface area contributed by atoms with Crippen LogP contribution in [-0.4, -0.2) is 21.3 Å². The van der Waals surface area contributed by atoms with Crippen molar-refractivity contribution in [2.75, 3.05) is 21.3 Å². The van der Waals surface area contributed by atoms with Crippen LogP contribution in [0.2, 0.25) is 5.02 Å². The van der Waals surface area contributed by atoms with E-state index < -0.39 is 0 Å². The maximum Gasteiger partial charge on any atom is 0.146 e. The van der Waals surface area contributed by atoms with Crippen molar-refractivity contribution in [2.24, 2.45) is 0 Å². The summed E-state index contributed by atoms with van der Waals surface area (Å²) in [5.41, 5.74) is 1.01. The molecule has 3 nitrogen and oxygen atoms in total. The summed E-state index contributed by atoms with van der Waals surface area (Å²) in [6, 6.07) is 8.24. The average Bonchev–Trinajstić information content (AvgIpc) is 2.97. The Hall–Kier alpha value is -1.23. The molecule has 0 spiro atoms. The fraction of sp³-hybridized carbons (Fsp3) is 0.375. The minimum atomic E-state index is 0.0497. The first kappa shape index (κ1) is 16.1. The molecule has 1 aromatic carbocycles. The molecule has 2 aromatic rings. The SMILES string of the molecule is CCc1ccc(C(NC)c2ccc(OC)c(Cl)c2OC)s1. The third-order valence-electron chi connectivity index (χ3n) is 3.43. The lowest BCUT2D eigenvalue weighted by Gasteiger charge is -2.20. The van der Waals surface area contributed by atoms with E-state index in [-0.39, 0.29) is 6.04 Å². The first-order chi connectivity index (χ1) is 10.2. The van der Waals surface area contributed by atoms with Crippen LogP contribution in [-0.2, 0) is 6.42 Å². The topological polar surface area (TPSA) is 30.5 Å². The second kappa shape index (κ2) is 7.16. The molecule has 5 heteroatoms. The third kappa shape index (κ3) is 3.18. The third-order valence-corrected chi connectivity index (χ3v) is 5.08. The van der Waals surface area contributed by atoms with Crippen LogP contribution in [0.25, 0.3) is 0 Å². The summed E-state index contributed by atoms with van der Waals surface area (Å²) in [4.78, 5) is 2.61. The van der Waals surface area contributed by atoms with Gasteiger partial charge >= 0.3 is 0 Å². The summed E-state index contributed by atoms with van der Waals surface area (Å²) >= 11 is 8.16. The zero-order chi connectivity index (χ0) is 15.4. The van der Waals surface area contributed by atoms with Crippen LogP contribution in [0.15, 0.2) is 24.3 Å². The van der Waals surface area contributed by atoms with Gasteiger partial charge in [-0.25, -0.2) is 0 Å². The quantitative estimate of drug-likeness (QED) is 0.859. The van der Waals surface area contributed by atoms with E-state index in [9.17, 15) is 0 Å². The van der Waals surface area contributed by atoms with E-state index in [2.05, 4.69) is 24.4 Å². The molecule has 0 aliphatic rings. The van der Waals surface area contributed by atoms with Crippen molar-refractivity contribution in [3.05, 3.63) is 44.6 Å². The number of benzene rings is 1. The van der Waals surface area contributed by atoms with E-state index >= 15 is 0 Å². The normalized spacial score (nSPS) is 12.2. The predicted octanol–water partition coefficient (Wildman–Crippen LogP) is 4.29. The van der Waals surface area contributed by atoms with Gasteiger partial charge in [0.25, 0.3) is 0 Å². The van der Waals surface area contributed by atoms with Gasteiger partial charge in [0.1, 0.15) is 16.5 Å². The maximum atomic E-state index is 6.36. The molecule has 0 aliphatic carbocycles. The first-order valence-electron chi connectivity index (χ1n) is 6.82. The van der Waals surface area contributed by atoms with Crippen LogP contribution in [0, 0.1) is 0 Å². The van der Waals surface area contributed by atoms with E-state index in [1.165, 1.54) is 9.75 Å². The lowest BCUT2D eigenvalue weighted by Crippen LogP contribution is -2.17. The Kier molecular flexibility index (Phi) is 5.51. The fourth-order valence-corrected chi connectivity index (χ4v) is 3.74. The zero-order valence-corrected chi connectivity index (χ0v) is 14.3. The van der Waals surface area contributed by atoms with Gasteiger partial charge in [0, 0.05) is 15.3 Å². The summed E-state index contributed by atoms with van der Waals surface area (Å²) in [6.07, 6.45) is 1.04. The smallest absolute Gasteiger partial charge is 0.146 e. The molecule has 114 valence electrons. The molecule has 1 atom stereocenters. The van der Waals surface area contributed by atoms with Gasteiger partial charge in [0.05, 0.1) is 20.3 Å². The number of methoxy groups -OCH3 is 2.